The van der Waals surface area contributed by atoms with Gasteiger partial charge in [0.1, 0.15) is 11.5 Å². The van der Waals surface area contributed by atoms with Gasteiger partial charge in [-0.15, -0.1) is 0 Å². The molecular formula is C16H19FN4O2. The Kier molecular flexibility index (Phi) is 4.99. The molecule has 1 aromatic heterocycles. The molecule has 1 aliphatic rings. The van der Waals surface area contributed by atoms with Gasteiger partial charge in [-0.25, -0.2) is 4.39 Å². The van der Waals surface area contributed by atoms with Gasteiger partial charge in [-0.05, 0) is 30.3 Å². The number of aromatic nitrogens is 2. The SMILES string of the molecule is O=C(NCCN1CCOCC1)c1cc(-c2ccc(F)cc2)n[nH]1. The number of nitrogens with zero attached hydrogens (tertiary/aromatic N) is 2. The Labute approximate surface area is 133 Å². The summed E-state index contributed by atoms with van der Waals surface area (Å²) in [5, 5.41) is 9.69. The molecule has 1 aliphatic heterocycles. The number of carbonyl (C=O) groups excluding carboxylic acids is 1. The fraction of sp³-hybridized carbons (Fsp3) is 0.375. The number of benzene rings is 1. The number of nitrogens with one attached hydrogen (secondary N) is 2. The number of rotatable bonds is 5. The average molecular weight is 318 g/mol. The number of morpholine rings is 1. The van der Waals surface area contributed by atoms with Crippen molar-refractivity contribution in [3.8, 4) is 11.3 Å². The lowest BCUT2D eigenvalue weighted by atomic mass is 10.1. The van der Waals surface area contributed by atoms with E-state index in [-0.39, 0.29) is 11.7 Å². The molecule has 23 heavy (non-hydrogen) atoms. The molecular weight excluding hydrogens is 299 g/mol. The summed E-state index contributed by atoms with van der Waals surface area (Å²) in [6.45, 7) is 4.66. The van der Waals surface area contributed by atoms with Gasteiger partial charge >= 0.3 is 0 Å². The quantitative estimate of drug-likeness (QED) is 0.871. The van der Waals surface area contributed by atoms with E-state index in [2.05, 4.69) is 20.4 Å². The second-order valence-electron chi connectivity index (χ2n) is 5.38. The van der Waals surface area contributed by atoms with Gasteiger partial charge in [0.15, 0.2) is 0 Å². The summed E-state index contributed by atoms with van der Waals surface area (Å²) in [5.74, 6) is -0.496. The lowest BCUT2D eigenvalue weighted by molar-refractivity contribution is 0.0383. The van der Waals surface area contributed by atoms with Crippen LogP contribution in [-0.4, -0.2) is 60.4 Å². The Bertz CT molecular complexity index is 650. The van der Waals surface area contributed by atoms with Crippen LogP contribution in [0.15, 0.2) is 30.3 Å². The minimum absolute atomic E-state index is 0.195. The molecule has 0 aliphatic carbocycles. The molecule has 122 valence electrons. The third-order valence-electron chi connectivity index (χ3n) is 3.78. The van der Waals surface area contributed by atoms with Crippen LogP contribution in [-0.2, 0) is 4.74 Å². The maximum absolute atomic E-state index is 12.9. The summed E-state index contributed by atoms with van der Waals surface area (Å²) in [5.41, 5.74) is 1.77. The molecule has 0 bridgehead atoms. The van der Waals surface area contributed by atoms with Gasteiger partial charge in [0.2, 0.25) is 0 Å². The van der Waals surface area contributed by atoms with E-state index < -0.39 is 0 Å². The van der Waals surface area contributed by atoms with E-state index in [1.54, 1.807) is 18.2 Å². The molecule has 1 saturated heterocycles. The molecule has 7 heteroatoms. The van der Waals surface area contributed by atoms with Crippen molar-refractivity contribution in [3.05, 3.63) is 41.8 Å². The van der Waals surface area contributed by atoms with Crippen LogP contribution in [0.5, 0.6) is 0 Å². The maximum atomic E-state index is 12.9. The van der Waals surface area contributed by atoms with Crippen molar-refractivity contribution >= 4 is 5.91 Å². The summed E-state index contributed by atoms with van der Waals surface area (Å²) in [4.78, 5) is 14.4. The van der Waals surface area contributed by atoms with Gasteiger partial charge in [-0.2, -0.15) is 5.10 Å². The normalized spacial score (nSPS) is 15.5. The number of hydrogen-bond acceptors (Lipinski definition) is 4. The number of aromatic amines is 1. The van der Waals surface area contributed by atoms with Gasteiger partial charge in [0.25, 0.3) is 5.91 Å². The minimum Gasteiger partial charge on any atom is -0.379 e. The van der Waals surface area contributed by atoms with Crippen molar-refractivity contribution in [3.63, 3.8) is 0 Å². The lowest BCUT2D eigenvalue weighted by Crippen LogP contribution is -2.41. The first-order chi connectivity index (χ1) is 11.2. The smallest absolute Gasteiger partial charge is 0.269 e. The maximum Gasteiger partial charge on any atom is 0.269 e. The molecule has 6 nitrogen and oxygen atoms in total. The molecule has 0 unspecified atom stereocenters. The molecule has 0 radical (unpaired) electrons. The van der Waals surface area contributed by atoms with Crippen molar-refractivity contribution in [2.75, 3.05) is 39.4 Å². The first-order valence-corrected chi connectivity index (χ1v) is 7.62. The third-order valence-corrected chi connectivity index (χ3v) is 3.78. The van der Waals surface area contributed by atoms with Crippen LogP contribution in [0.2, 0.25) is 0 Å². The zero-order chi connectivity index (χ0) is 16.1. The molecule has 1 amide bonds. The van der Waals surface area contributed by atoms with Gasteiger partial charge in [-0.1, -0.05) is 0 Å². The predicted octanol–water partition coefficient (Wildman–Crippen LogP) is 1.28. The molecule has 0 atom stereocenters. The van der Waals surface area contributed by atoms with Crippen LogP contribution >= 0.6 is 0 Å². The van der Waals surface area contributed by atoms with Crippen LogP contribution in [0.25, 0.3) is 11.3 Å². The van der Waals surface area contributed by atoms with Gasteiger partial charge in [0, 0.05) is 31.7 Å². The Morgan fingerprint density at radius 1 is 1.30 bits per heavy atom. The molecule has 1 fully saturated rings. The van der Waals surface area contributed by atoms with E-state index >= 15 is 0 Å². The summed E-state index contributed by atoms with van der Waals surface area (Å²) >= 11 is 0. The third kappa shape index (κ3) is 4.14. The highest BCUT2D eigenvalue weighted by molar-refractivity contribution is 5.93. The summed E-state index contributed by atoms with van der Waals surface area (Å²) < 4.78 is 18.2. The molecule has 2 N–H and O–H groups in total. The zero-order valence-corrected chi connectivity index (χ0v) is 12.7. The molecule has 2 aromatic rings. The van der Waals surface area contributed by atoms with E-state index in [9.17, 15) is 9.18 Å². The van der Waals surface area contributed by atoms with Gasteiger partial charge in [-0.3, -0.25) is 14.8 Å². The fourth-order valence-electron chi connectivity index (χ4n) is 2.45. The Balaban J connectivity index is 1.52. The second kappa shape index (κ2) is 7.34. The Morgan fingerprint density at radius 2 is 2.04 bits per heavy atom. The molecule has 0 saturated carbocycles. The standard InChI is InChI=1S/C16H19FN4O2/c17-13-3-1-12(2-4-13)14-11-15(20-19-14)16(22)18-5-6-21-7-9-23-10-8-21/h1-4,11H,5-10H2,(H,18,22)(H,19,20). The Morgan fingerprint density at radius 3 is 2.78 bits per heavy atom. The summed E-state index contributed by atoms with van der Waals surface area (Å²) in [7, 11) is 0. The van der Waals surface area contributed by atoms with Crippen LogP contribution < -0.4 is 5.32 Å². The first-order valence-electron chi connectivity index (χ1n) is 7.62. The number of carbonyl (C=O) groups is 1. The average Bonchev–Trinajstić information content (AvgIpc) is 3.06. The van der Waals surface area contributed by atoms with Crippen LogP contribution in [0.3, 0.4) is 0 Å². The van der Waals surface area contributed by atoms with Crippen molar-refractivity contribution in [2.45, 2.75) is 0 Å². The molecule has 0 spiro atoms. The lowest BCUT2D eigenvalue weighted by Gasteiger charge is -2.26. The van der Waals surface area contributed by atoms with Crippen molar-refractivity contribution in [1.29, 1.82) is 0 Å². The van der Waals surface area contributed by atoms with Crippen molar-refractivity contribution < 1.29 is 13.9 Å². The highest BCUT2D eigenvalue weighted by Crippen LogP contribution is 2.17. The monoisotopic (exact) mass is 318 g/mol. The second-order valence-corrected chi connectivity index (χ2v) is 5.38. The van der Waals surface area contributed by atoms with E-state index in [0.29, 0.717) is 17.9 Å². The summed E-state index contributed by atoms with van der Waals surface area (Å²) in [6, 6.07) is 7.66. The fourth-order valence-corrected chi connectivity index (χ4v) is 2.45. The van der Waals surface area contributed by atoms with E-state index in [4.69, 9.17) is 4.74 Å². The largest absolute Gasteiger partial charge is 0.379 e. The molecule has 3 rings (SSSR count). The van der Waals surface area contributed by atoms with E-state index in [0.717, 1.165) is 38.4 Å². The van der Waals surface area contributed by atoms with Crippen LogP contribution in [0, 0.1) is 5.82 Å². The topological polar surface area (TPSA) is 70.2 Å². The van der Waals surface area contributed by atoms with Crippen LogP contribution in [0.4, 0.5) is 4.39 Å². The number of amides is 1. The van der Waals surface area contributed by atoms with Gasteiger partial charge in [0.05, 0.1) is 18.9 Å². The van der Waals surface area contributed by atoms with Crippen molar-refractivity contribution in [1.82, 2.24) is 20.4 Å². The number of ether oxygens (including phenoxy) is 1. The first kappa shape index (κ1) is 15.6. The van der Waals surface area contributed by atoms with Crippen molar-refractivity contribution in [2.24, 2.45) is 0 Å². The Hall–Kier alpha value is -2.25. The van der Waals surface area contributed by atoms with E-state index in [1.807, 2.05) is 0 Å². The molecule has 1 aromatic carbocycles. The van der Waals surface area contributed by atoms with Gasteiger partial charge < -0.3 is 10.1 Å². The van der Waals surface area contributed by atoms with Crippen LogP contribution in [0.1, 0.15) is 10.5 Å². The minimum atomic E-state index is -0.301. The predicted molar refractivity (Wildman–Crippen MR) is 83.6 cm³/mol. The zero-order valence-electron chi connectivity index (χ0n) is 12.7. The molecule has 2 heterocycles. The number of halogens is 1. The van der Waals surface area contributed by atoms with E-state index in [1.165, 1.54) is 12.1 Å². The number of H-pyrrole nitrogens is 1. The number of hydrogen-bond donors (Lipinski definition) is 2. The highest BCUT2D eigenvalue weighted by atomic mass is 19.1. The highest BCUT2D eigenvalue weighted by Gasteiger charge is 2.13. The summed E-state index contributed by atoms with van der Waals surface area (Å²) in [6.07, 6.45) is 0.